The maximum atomic E-state index is 12.2. The number of rotatable bonds is 7. The normalized spacial score (nSPS) is 14.7. The van der Waals surface area contributed by atoms with Gasteiger partial charge in [-0.3, -0.25) is 4.79 Å². The Morgan fingerprint density at radius 2 is 1.65 bits per heavy atom. The van der Waals surface area contributed by atoms with Crippen molar-refractivity contribution in [1.82, 2.24) is 5.32 Å². The Kier molecular flexibility index (Phi) is 5.94. The van der Waals surface area contributed by atoms with Crippen molar-refractivity contribution in [3.8, 4) is 0 Å². The Balaban J connectivity index is 1.82. The van der Waals surface area contributed by atoms with E-state index in [1.54, 1.807) is 6.92 Å². The van der Waals surface area contributed by atoms with Gasteiger partial charge in [-0.2, -0.15) is 0 Å². The van der Waals surface area contributed by atoms with Crippen LogP contribution in [0.15, 0.2) is 60.7 Å². The van der Waals surface area contributed by atoms with E-state index in [-0.39, 0.29) is 18.4 Å². The van der Waals surface area contributed by atoms with Crippen molar-refractivity contribution in [2.45, 2.75) is 44.8 Å². The maximum Gasteiger partial charge on any atom is 0.223 e. The number of hydrogen-bond acceptors (Lipinski definition) is 2. The van der Waals surface area contributed by atoms with Gasteiger partial charge in [-0.05, 0) is 37.8 Å². The molecule has 2 N–H and O–H groups in total. The van der Waals surface area contributed by atoms with Crippen LogP contribution in [0.2, 0.25) is 0 Å². The largest absolute Gasteiger partial charge is 0.385 e. The summed E-state index contributed by atoms with van der Waals surface area (Å²) >= 11 is 0. The molecule has 0 saturated heterocycles. The molecule has 0 fully saturated rings. The summed E-state index contributed by atoms with van der Waals surface area (Å²) in [5.41, 5.74) is 0.877. The summed E-state index contributed by atoms with van der Waals surface area (Å²) < 4.78 is 0. The van der Waals surface area contributed by atoms with E-state index in [1.807, 2.05) is 55.5 Å². The molecule has 122 valence electrons. The van der Waals surface area contributed by atoms with Gasteiger partial charge in [0, 0.05) is 6.04 Å². The molecule has 0 heterocycles. The van der Waals surface area contributed by atoms with Gasteiger partial charge in [0.2, 0.25) is 5.91 Å². The Labute approximate surface area is 138 Å². The molecule has 2 rings (SSSR count). The molecule has 0 aliphatic carbocycles. The first-order valence-corrected chi connectivity index (χ1v) is 8.08. The lowest BCUT2D eigenvalue weighted by Crippen LogP contribution is -2.37. The van der Waals surface area contributed by atoms with E-state index < -0.39 is 5.60 Å². The van der Waals surface area contributed by atoms with Crippen molar-refractivity contribution < 1.29 is 9.90 Å². The summed E-state index contributed by atoms with van der Waals surface area (Å²) in [6, 6.07) is 19.6. The van der Waals surface area contributed by atoms with E-state index in [4.69, 9.17) is 0 Å². The summed E-state index contributed by atoms with van der Waals surface area (Å²) in [6.07, 6.45) is 1.87. The van der Waals surface area contributed by atoms with Crippen molar-refractivity contribution in [2.24, 2.45) is 0 Å². The SMILES string of the molecule is CC(CCc1ccccc1)NC(=O)CC(C)(O)c1ccccc1. The van der Waals surface area contributed by atoms with Crippen molar-refractivity contribution >= 4 is 5.91 Å². The molecule has 0 radical (unpaired) electrons. The fourth-order valence-electron chi connectivity index (χ4n) is 2.64. The predicted octanol–water partition coefficient (Wildman–Crippen LogP) is 3.42. The zero-order valence-corrected chi connectivity index (χ0v) is 13.8. The Bertz CT molecular complexity index is 608. The van der Waals surface area contributed by atoms with E-state index in [0.717, 1.165) is 18.4 Å². The molecule has 0 bridgehead atoms. The second-order valence-electron chi connectivity index (χ2n) is 6.31. The third kappa shape index (κ3) is 5.53. The van der Waals surface area contributed by atoms with Gasteiger partial charge in [0.1, 0.15) is 0 Å². The molecule has 3 nitrogen and oxygen atoms in total. The van der Waals surface area contributed by atoms with E-state index in [1.165, 1.54) is 5.56 Å². The van der Waals surface area contributed by atoms with Gasteiger partial charge in [0.05, 0.1) is 12.0 Å². The lowest BCUT2D eigenvalue weighted by molar-refractivity contribution is -0.126. The molecule has 3 heteroatoms. The molecule has 23 heavy (non-hydrogen) atoms. The number of nitrogens with one attached hydrogen (secondary N) is 1. The minimum Gasteiger partial charge on any atom is -0.385 e. The second-order valence-corrected chi connectivity index (χ2v) is 6.31. The number of aliphatic hydroxyl groups is 1. The smallest absolute Gasteiger partial charge is 0.223 e. The summed E-state index contributed by atoms with van der Waals surface area (Å²) in [6.45, 7) is 3.68. The van der Waals surface area contributed by atoms with Gasteiger partial charge < -0.3 is 10.4 Å². The Hall–Kier alpha value is -2.13. The van der Waals surface area contributed by atoms with Crippen LogP contribution in [0.25, 0.3) is 0 Å². The fourth-order valence-corrected chi connectivity index (χ4v) is 2.64. The molecule has 0 aliphatic rings. The maximum absolute atomic E-state index is 12.2. The topological polar surface area (TPSA) is 49.3 Å². The average Bonchev–Trinajstić information content (AvgIpc) is 2.54. The van der Waals surface area contributed by atoms with Crippen molar-refractivity contribution in [3.63, 3.8) is 0 Å². The third-order valence-electron chi connectivity index (χ3n) is 4.02. The molecule has 0 aromatic heterocycles. The van der Waals surface area contributed by atoms with E-state index in [9.17, 15) is 9.90 Å². The predicted molar refractivity (Wildman–Crippen MR) is 93.0 cm³/mol. The Morgan fingerprint density at radius 3 is 2.26 bits per heavy atom. The number of amides is 1. The average molecular weight is 311 g/mol. The van der Waals surface area contributed by atoms with Crippen molar-refractivity contribution in [3.05, 3.63) is 71.8 Å². The van der Waals surface area contributed by atoms with Gasteiger partial charge in [-0.15, -0.1) is 0 Å². The standard InChI is InChI=1S/C20H25NO2/c1-16(13-14-17-9-5-3-6-10-17)21-19(22)15-20(2,23)18-11-7-4-8-12-18/h3-12,16,23H,13-15H2,1-2H3,(H,21,22). The van der Waals surface area contributed by atoms with Gasteiger partial charge in [0.25, 0.3) is 0 Å². The van der Waals surface area contributed by atoms with Gasteiger partial charge in [-0.25, -0.2) is 0 Å². The van der Waals surface area contributed by atoms with Crippen LogP contribution in [-0.4, -0.2) is 17.1 Å². The van der Waals surface area contributed by atoms with Gasteiger partial charge >= 0.3 is 0 Å². The highest BCUT2D eigenvalue weighted by molar-refractivity contribution is 5.77. The van der Waals surface area contributed by atoms with Crippen LogP contribution < -0.4 is 5.32 Å². The number of carbonyl (C=O) groups excluding carboxylic acids is 1. The molecule has 1 amide bonds. The fraction of sp³-hybridized carbons (Fsp3) is 0.350. The molecule has 2 unspecified atom stereocenters. The number of aryl methyl sites for hydroxylation is 1. The first-order chi connectivity index (χ1) is 11.0. The number of carbonyl (C=O) groups is 1. The van der Waals surface area contributed by atoms with Crippen LogP contribution in [0.1, 0.15) is 37.8 Å². The lowest BCUT2D eigenvalue weighted by atomic mass is 9.92. The van der Waals surface area contributed by atoms with Crippen LogP contribution in [-0.2, 0) is 16.8 Å². The van der Waals surface area contributed by atoms with Crippen LogP contribution in [0.3, 0.4) is 0 Å². The zero-order chi connectivity index (χ0) is 16.7. The van der Waals surface area contributed by atoms with Crippen LogP contribution in [0.4, 0.5) is 0 Å². The molecule has 2 aromatic carbocycles. The lowest BCUT2D eigenvalue weighted by Gasteiger charge is -2.24. The van der Waals surface area contributed by atoms with E-state index >= 15 is 0 Å². The van der Waals surface area contributed by atoms with Gasteiger partial charge in [-0.1, -0.05) is 60.7 Å². The van der Waals surface area contributed by atoms with E-state index in [2.05, 4.69) is 17.4 Å². The minimum absolute atomic E-state index is 0.0622. The summed E-state index contributed by atoms with van der Waals surface area (Å²) in [7, 11) is 0. The van der Waals surface area contributed by atoms with Gasteiger partial charge in [0.15, 0.2) is 0 Å². The number of hydrogen-bond donors (Lipinski definition) is 2. The first-order valence-electron chi connectivity index (χ1n) is 8.08. The monoisotopic (exact) mass is 311 g/mol. The summed E-state index contributed by atoms with van der Waals surface area (Å²) in [5, 5.41) is 13.5. The molecule has 0 spiro atoms. The molecule has 0 saturated carbocycles. The van der Waals surface area contributed by atoms with Crippen molar-refractivity contribution in [1.29, 1.82) is 0 Å². The molecule has 2 aromatic rings. The second kappa shape index (κ2) is 7.93. The molecule has 2 atom stereocenters. The highest BCUT2D eigenvalue weighted by atomic mass is 16.3. The molecular formula is C20H25NO2. The summed E-state index contributed by atoms with van der Waals surface area (Å²) in [5.74, 6) is -0.126. The van der Waals surface area contributed by atoms with Crippen LogP contribution >= 0.6 is 0 Å². The van der Waals surface area contributed by atoms with Crippen LogP contribution in [0.5, 0.6) is 0 Å². The Morgan fingerprint density at radius 1 is 1.09 bits per heavy atom. The quantitative estimate of drug-likeness (QED) is 0.823. The van der Waals surface area contributed by atoms with Crippen LogP contribution in [0, 0.1) is 0 Å². The molecule has 0 aliphatic heterocycles. The third-order valence-corrected chi connectivity index (χ3v) is 4.02. The highest BCUT2D eigenvalue weighted by Crippen LogP contribution is 2.24. The minimum atomic E-state index is -1.15. The number of benzene rings is 2. The van der Waals surface area contributed by atoms with E-state index in [0.29, 0.717) is 0 Å². The summed E-state index contributed by atoms with van der Waals surface area (Å²) in [4.78, 5) is 12.2. The molecular weight excluding hydrogens is 286 g/mol. The van der Waals surface area contributed by atoms with Crippen molar-refractivity contribution in [2.75, 3.05) is 0 Å². The zero-order valence-electron chi connectivity index (χ0n) is 13.8. The highest BCUT2D eigenvalue weighted by Gasteiger charge is 2.26. The first kappa shape index (κ1) is 17.2.